The van der Waals surface area contributed by atoms with Crippen LogP contribution < -0.4 is 10.2 Å². The van der Waals surface area contributed by atoms with E-state index in [0.29, 0.717) is 0 Å². The highest BCUT2D eigenvalue weighted by atomic mass is 35.5. The summed E-state index contributed by atoms with van der Waals surface area (Å²) in [5.74, 6) is 1.11. The molecule has 1 aliphatic rings. The number of hydrogen-bond acceptors (Lipinski definition) is 3. The molecule has 2 heterocycles. The van der Waals surface area contributed by atoms with Crippen LogP contribution in [0.25, 0.3) is 10.9 Å². The summed E-state index contributed by atoms with van der Waals surface area (Å²) in [4.78, 5) is 7.24. The van der Waals surface area contributed by atoms with Gasteiger partial charge in [-0.3, -0.25) is 0 Å². The van der Waals surface area contributed by atoms with Gasteiger partial charge in [0, 0.05) is 36.6 Å². The van der Waals surface area contributed by atoms with Crippen molar-refractivity contribution in [2.45, 2.75) is 13.8 Å². The van der Waals surface area contributed by atoms with Crippen LogP contribution in [0.4, 0.5) is 5.82 Å². The van der Waals surface area contributed by atoms with Gasteiger partial charge in [-0.1, -0.05) is 11.6 Å². The molecule has 2 aromatic rings. The number of fused-ring (bicyclic) bond motifs is 1. The topological polar surface area (TPSA) is 28.2 Å². The van der Waals surface area contributed by atoms with Gasteiger partial charge in [-0.2, -0.15) is 0 Å². The van der Waals surface area contributed by atoms with Crippen LogP contribution in [0.3, 0.4) is 0 Å². The summed E-state index contributed by atoms with van der Waals surface area (Å²) >= 11 is 6.12. The first-order chi connectivity index (χ1) is 9.15. The molecule has 0 bridgehead atoms. The lowest BCUT2D eigenvalue weighted by atomic mass is 10.1. The van der Waals surface area contributed by atoms with Crippen molar-refractivity contribution in [2.24, 2.45) is 0 Å². The third-order valence-electron chi connectivity index (χ3n) is 3.65. The van der Waals surface area contributed by atoms with Gasteiger partial charge in [0.2, 0.25) is 0 Å². The average Bonchev–Trinajstić information content (AvgIpc) is 2.38. The van der Waals surface area contributed by atoms with Gasteiger partial charge in [-0.25, -0.2) is 4.98 Å². The molecule has 1 saturated heterocycles. The molecule has 1 aromatic carbocycles. The zero-order valence-electron chi connectivity index (χ0n) is 11.7. The standard InChI is InChI=1S/C15H18ClN3.ClH/c1-10-8-13(16)9-12-7-11(2)15(18-14(10)12)19-5-3-17-4-6-19;/h7-9,17H,3-6H2,1-2H3;1H. The van der Waals surface area contributed by atoms with Crippen molar-refractivity contribution < 1.29 is 0 Å². The van der Waals surface area contributed by atoms with E-state index in [1.807, 2.05) is 12.1 Å². The van der Waals surface area contributed by atoms with Gasteiger partial charge in [0.1, 0.15) is 5.82 Å². The molecule has 1 aliphatic heterocycles. The minimum atomic E-state index is 0. The van der Waals surface area contributed by atoms with Crippen LogP contribution >= 0.6 is 24.0 Å². The van der Waals surface area contributed by atoms with Crippen molar-refractivity contribution >= 4 is 40.7 Å². The van der Waals surface area contributed by atoms with E-state index >= 15 is 0 Å². The van der Waals surface area contributed by atoms with E-state index in [1.54, 1.807) is 0 Å². The number of anilines is 1. The van der Waals surface area contributed by atoms with Gasteiger partial charge in [-0.15, -0.1) is 12.4 Å². The fraction of sp³-hybridized carbons (Fsp3) is 0.400. The lowest BCUT2D eigenvalue weighted by Gasteiger charge is -2.30. The van der Waals surface area contributed by atoms with Crippen molar-refractivity contribution in [3.63, 3.8) is 0 Å². The summed E-state index contributed by atoms with van der Waals surface area (Å²) < 4.78 is 0. The Hall–Kier alpha value is -1.03. The zero-order chi connectivity index (χ0) is 13.4. The Bertz CT molecular complexity index is 622. The minimum absolute atomic E-state index is 0. The smallest absolute Gasteiger partial charge is 0.132 e. The lowest BCUT2D eigenvalue weighted by Crippen LogP contribution is -2.44. The van der Waals surface area contributed by atoms with Crippen molar-refractivity contribution in [2.75, 3.05) is 31.1 Å². The maximum atomic E-state index is 6.12. The Morgan fingerprint density at radius 1 is 1.10 bits per heavy atom. The van der Waals surface area contributed by atoms with Gasteiger partial charge in [-0.05, 0) is 43.2 Å². The summed E-state index contributed by atoms with van der Waals surface area (Å²) in [6, 6.07) is 6.16. The lowest BCUT2D eigenvalue weighted by molar-refractivity contribution is 0.584. The number of pyridine rings is 1. The molecule has 3 nitrogen and oxygen atoms in total. The normalized spacial score (nSPS) is 15.2. The second-order valence-corrected chi connectivity index (χ2v) is 5.60. The first kappa shape index (κ1) is 15.4. The summed E-state index contributed by atoms with van der Waals surface area (Å²) in [6.45, 7) is 8.29. The maximum absolute atomic E-state index is 6.12. The average molecular weight is 312 g/mol. The van der Waals surface area contributed by atoms with E-state index in [0.717, 1.165) is 53.5 Å². The molecule has 1 aromatic heterocycles. The van der Waals surface area contributed by atoms with Crippen molar-refractivity contribution in [1.29, 1.82) is 0 Å². The number of benzene rings is 1. The SMILES string of the molecule is Cc1cc2cc(Cl)cc(C)c2nc1N1CCNCC1.Cl. The molecule has 3 rings (SSSR count). The van der Waals surface area contributed by atoms with Crippen molar-refractivity contribution in [3.8, 4) is 0 Å². The highest BCUT2D eigenvalue weighted by Gasteiger charge is 2.15. The van der Waals surface area contributed by atoms with Crippen LogP contribution in [-0.4, -0.2) is 31.2 Å². The number of nitrogens with one attached hydrogen (secondary N) is 1. The van der Waals surface area contributed by atoms with Crippen molar-refractivity contribution in [3.05, 3.63) is 34.3 Å². The molecule has 0 spiro atoms. The van der Waals surface area contributed by atoms with Gasteiger partial charge in [0.05, 0.1) is 5.52 Å². The quantitative estimate of drug-likeness (QED) is 0.875. The Morgan fingerprint density at radius 2 is 1.80 bits per heavy atom. The maximum Gasteiger partial charge on any atom is 0.132 e. The number of rotatable bonds is 1. The molecular weight excluding hydrogens is 293 g/mol. The van der Waals surface area contributed by atoms with Gasteiger partial charge >= 0.3 is 0 Å². The van der Waals surface area contributed by atoms with E-state index in [9.17, 15) is 0 Å². The van der Waals surface area contributed by atoms with Gasteiger partial charge in [0.25, 0.3) is 0 Å². The van der Waals surface area contributed by atoms with E-state index in [2.05, 4.69) is 30.1 Å². The monoisotopic (exact) mass is 311 g/mol. The molecule has 0 saturated carbocycles. The number of halogens is 2. The molecule has 0 amide bonds. The van der Waals surface area contributed by atoms with Crippen LogP contribution in [-0.2, 0) is 0 Å². The summed E-state index contributed by atoms with van der Waals surface area (Å²) in [5.41, 5.74) is 3.42. The van der Waals surface area contributed by atoms with E-state index in [-0.39, 0.29) is 12.4 Å². The Balaban J connectivity index is 0.00000147. The number of piperazine rings is 1. The van der Waals surface area contributed by atoms with Crippen molar-refractivity contribution in [1.82, 2.24) is 10.3 Å². The Morgan fingerprint density at radius 3 is 2.50 bits per heavy atom. The predicted molar refractivity (Wildman–Crippen MR) is 88.6 cm³/mol. The molecule has 1 fully saturated rings. The van der Waals surface area contributed by atoms with Gasteiger partial charge in [0.15, 0.2) is 0 Å². The Labute approximate surface area is 130 Å². The van der Waals surface area contributed by atoms with Crippen LogP contribution in [0.2, 0.25) is 5.02 Å². The minimum Gasteiger partial charge on any atom is -0.354 e. The van der Waals surface area contributed by atoms with E-state index in [4.69, 9.17) is 16.6 Å². The molecule has 0 atom stereocenters. The van der Waals surface area contributed by atoms with E-state index in [1.165, 1.54) is 5.56 Å². The van der Waals surface area contributed by atoms with Crippen LogP contribution in [0.1, 0.15) is 11.1 Å². The molecule has 5 heteroatoms. The molecule has 108 valence electrons. The summed E-state index contributed by atoms with van der Waals surface area (Å²) in [5, 5.41) is 5.28. The second kappa shape index (κ2) is 6.17. The number of hydrogen-bond donors (Lipinski definition) is 1. The molecule has 20 heavy (non-hydrogen) atoms. The molecular formula is C15H19Cl2N3. The second-order valence-electron chi connectivity index (χ2n) is 5.16. The third kappa shape index (κ3) is 2.85. The number of aryl methyl sites for hydroxylation is 2. The summed E-state index contributed by atoms with van der Waals surface area (Å²) in [7, 11) is 0. The van der Waals surface area contributed by atoms with Crippen LogP contribution in [0.15, 0.2) is 18.2 Å². The summed E-state index contributed by atoms with van der Waals surface area (Å²) in [6.07, 6.45) is 0. The van der Waals surface area contributed by atoms with E-state index < -0.39 is 0 Å². The Kier molecular flexibility index (Phi) is 4.74. The molecule has 0 radical (unpaired) electrons. The first-order valence-electron chi connectivity index (χ1n) is 6.68. The highest BCUT2D eigenvalue weighted by Crippen LogP contribution is 2.27. The molecule has 0 aliphatic carbocycles. The number of nitrogens with zero attached hydrogens (tertiary/aromatic N) is 2. The largest absolute Gasteiger partial charge is 0.354 e. The van der Waals surface area contributed by atoms with Gasteiger partial charge < -0.3 is 10.2 Å². The zero-order valence-corrected chi connectivity index (χ0v) is 13.3. The fourth-order valence-corrected chi connectivity index (χ4v) is 2.99. The predicted octanol–water partition coefficient (Wildman–Crippen LogP) is 3.34. The first-order valence-corrected chi connectivity index (χ1v) is 7.06. The molecule has 1 N–H and O–H groups in total. The highest BCUT2D eigenvalue weighted by molar-refractivity contribution is 6.31. The molecule has 0 unspecified atom stereocenters. The fourth-order valence-electron chi connectivity index (χ4n) is 2.71. The third-order valence-corrected chi connectivity index (χ3v) is 3.87. The van der Waals surface area contributed by atoms with Crippen LogP contribution in [0.5, 0.6) is 0 Å². The number of aromatic nitrogens is 1. The van der Waals surface area contributed by atoms with Crippen LogP contribution in [0, 0.1) is 13.8 Å².